The van der Waals surface area contributed by atoms with Gasteiger partial charge in [0, 0.05) is 11.9 Å². The van der Waals surface area contributed by atoms with Gasteiger partial charge in [0.25, 0.3) is 0 Å². The number of hydrogen-bond acceptors (Lipinski definition) is 4. The summed E-state index contributed by atoms with van der Waals surface area (Å²) in [5.74, 6) is -0.471. The van der Waals surface area contributed by atoms with Gasteiger partial charge in [0.2, 0.25) is 0 Å². The fourth-order valence-electron chi connectivity index (χ4n) is 1.20. The van der Waals surface area contributed by atoms with E-state index in [9.17, 15) is 9.18 Å². The van der Waals surface area contributed by atoms with E-state index in [0.29, 0.717) is 10.1 Å². The van der Waals surface area contributed by atoms with Crippen molar-refractivity contribution in [3.05, 3.63) is 40.1 Å². The van der Waals surface area contributed by atoms with Gasteiger partial charge in [-0.2, -0.15) is 5.26 Å². The summed E-state index contributed by atoms with van der Waals surface area (Å²) >= 11 is 1.13. The van der Waals surface area contributed by atoms with Crippen LogP contribution in [0.1, 0.15) is 5.56 Å². The third kappa shape index (κ3) is 2.21. The van der Waals surface area contributed by atoms with Gasteiger partial charge in [0.05, 0.1) is 5.56 Å². The maximum atomic E-state index is 12.9. The third-order valence-electron chi connectivity index (χ3n) is 2.10. The number of H-pyrrole nitrogens is 1. The molecule has 0 unspecified atom stereocenters. The normalized spacial score (nSPS) is 10.2. The van der Waals surface area contributed by atoms with E-state index < -0.39 is 5.82 Å². The van der Waals surface area contributed by atoms with Crippen molar-refractivity contribution in [2.45, 2.75) is 10.1 Å². The van der Waals surface area contributed by atoms with E-state index in [4.69, 9.17) is 5.26 Å². The first-order valence-electron chi connectivity index (χ1n) is 4.60. The van der Waals surface area contributed by atoms with Gasteiger partial charge in [-0.1, -0.05) is 0 Å². The van der Waals surface area contributed by atoms with Crippen molar-refractivity contribution in [1.29, 1.82) is 5.26 Å². The number of hydrogen-bond donors (Lipinski definition) is 1. The van der Waals surface area contributed by atoms with Crippen LogP contribution in [0, 0.1) is 17.1 Å². The Morgan fingerprint density at radius 2 is 2.35 bits per heavy atom. The second-order valence-corrected chi connectivity index (χ2v) is 4.23. The SMILES string of the molecule is Cn1c(Sc2ccc(F)cc2C#N)n[nH]c1=O. The summed E-state index contributed by atoms with van der Waals surface area (Å²) in [6.45, 7) is 0. The molecule has 1 aromatic heterocycles. The van der Waals surface area contributed by atoms with Crippen molar-refractivity contribution in [3.8, 4) is 6.07 Å². The van der Waals surface area contributed by atoms with Gasteiger partial charge in [-0.15, -0.1) is 5.10 Å². The fraction of sp³-hybridized carbons (Fsp3) is 0.100. The first-order valence-corrected chi connectivity index (χ1v) is 5.42. The third-order valence-corrected chi connectivity index (χ3v) is 3.23. The van der Waals surface area contributed by atoms with Crippen LogP contribution in [-0.2, 0) is 7.05 Å². The van der Waals surface area contributed by atoms with Crippen molar-refractivity contribution in [2.75, 3.05) is 0 Å². The van der Waals surface area contributed by atoms with Gasteiger partial charge in [-0.05, 0) is 30.0 Å². The summed E-state index contributed by atoms with van der Waals surface area (Å²) in [4.78, 5) is 11.7. The smallest absolute Gasteiger partial charge is 0.273 e. The molecule has 5 nitrogen and oxygen atoms in total. The van der Waals surface area contributed by atoms with E-state index >= 15 is 0 Å². The number of nitriles is 1. The Balaban J connectivity index is 2.40. The van der Waals surface area contributed by atoms with Crippen LogP contribution >= 0.6 is 11.8 Å². The number of halogens is 1. The topological polar surface area (TPSA) is 74.5 Å². The van der Waals surface area contributed by atoms with Gasteiger partial charge in [0.15, 0.2) is 5.16 Å². The van der Waals surface area contributed by atoms with Crippen molar-refractivity contribution in [2.24, 2.45) is 7.05 Å². The van der Waals surface area contributed by atoms with Crippen LogP contribution < -0.4 is 5.69 Å². The average Bonchev–Trinajstić information content (AvgIpc) is 2.63. The molecule has 0 fully saturated rings. The highest BCUT2D eigenvalue weighted by Gasteiger charge is 2.10. The molecule has 2 aromatic rings. The molecule has 0 radical (unpaired) electrons. The molecule has 0 spiro atoms. The number of aromatic amines is 1. The van der Waals surface area contributed by atoms with Gasteiger partial charge in [0.1, 0.15) is 11.9 Å². The minimum atomic E-state index is -0.471. The van der Waals surface area contributed by atoms with E-state index in [1.165, 1.54) is 16.7 Å². The predicted molar refractivity (Wildman–Crippen MR) is 59.1 cm³/mol. The minimum Gasteiger partial charge on any atom is -0.273 e. The van der Waals surface area contributed by atoms with E-state index in [-0.39, 0.29) is 11.3 Å². The fourth-order valence-corrected chi connectivity index (χ4v) is 2.06. The van der Waals surface area contributed by atoms with Crippen LogP contribution in [0.5, 0.6) is 0 Å². The van der Waals surface area contributed by atoms with Gasteiger partial charge in [-0.25, -0.2) is 14.3 Å². The summed E-state index contributed by atoms with van der Waals surface area (Å²) < 4.78 is 14.2. The quantitative estimate of drug-likeness (QED) is 0.871. The highest BCUT2D eigenvalue weighted by atomic mass is 32.2. The number of aromatic nitrogens is 3. The summed E-state index contributed by atoms with van der Waals surface area (Å²) in [6.07, 6.45) is 0. The lowest BCUT2D eigenvalue weighted by Crippen LogP contribution is -2.12. The van der Waals surface area contributed by atoms with Crippen LogP contribution in [0.3, 0.4) is 0 Å². The molecule has 0 saturated heterocycles. The zero-order chi connectivity index (χ0) is 12.4. The molecule has 1 N–H and O–H groups in total. The molecule has 0 aliphatic rings. The van der Waals surface area contributed by atoms with Crippen LogP contribution in [0.15, 0.2) is 33.0 Å². The van der Waals surface area contributed by atoms with Crippen LogP contribution in [0.4, 0.5) is 4.39 Å². The van der Waals surface area contributed by atoms with E-state index in [1.54, 1.807) is 7.05 Å². The number of nitrogens with one attached hydrogen (secondary N) is 1. The number of nitrogens with zero attached hydrogens (tertiary/aromatic N) is 3. The maximum Gasteiger partial charge on any atom is 0.343 e. The molecule has 0 atom stereocenters. The standard InChI is InChI=1S/C10H7FN4OS/c1-15-9(16)13-14-10(15)17-8-3-2-7(11)4-6(8)5-12/h2-4H,1H3,(H,13,16). The van der Waals surface area contributed by atoms with Gasteiger partial charge >= 0.3 is 5.69 Å². The number of benzene rings is 1. The Kier molecular flexibility index (Phi) is 2.97. The summed E-state index contributed by atoms with van der Waals surface area (Å²) in [6, 6.07) is 5.78. The summed E-state index contributed by atoms with van der Waals surface area (Å²) in [5.41, 5.74) is -0.126. The Bertz CT molecular complexity index is 655. The predicted octanol–water partition coefficient (Wildman–Crippen LogP) is 1.27. The molecule has 2 rings (SSSR count). The monoisotopic (exact) mass is 250 g/mol. The molecule has 0 aliphatic heterocycles. The van der Waals surface area contributed by atoms with Gasteiger partial charge in [-0.3, -0.25) is 4.57 Å². The molecule has 0 saturated carbocycles. The molecular weight excluding hydrogens is 243 g/mol. The lowest BCUT2D eigenvalue weighted by Gasteiger charge is -2.02. The molecule has 7 heteroatoms. The van der Waals surface area contributed by atoms with Crippen molar-refractivity contribution >= 4 is 11.8 Å². The lowest BCUT2D eigenvalue weighted by atomic mass is 10.2. The van der Waals surface area contributed by atoms with Crippen molar-refractivity contribution in [3.63, 3.8) is 0 Å². The molecule has 17 heavy (non-hydrogen) atoms. The Morgan fingerprint density at radius 1 is 1.59 bits per heavy atom. The molecular formula is C10H7FN4OS. The van der Waals surface area contributed by atoms with Gasteiger partial charge < -0.3 is 0 Å². The summed E-state index contributed by atoms with van der Waals surface area (Å²) in [5, 5.41) is 15.4. The molecule has 1 heterocycles. The van der Waals surface area contributed by atoms with Crippen molar-refractivity contribution < 1.29 is 4.39 Å². The molecule has 0 aliphatic carbocycles. The Labute approximate surface area is 99.9 Å². The second-order valence-electron chi connectivity index (χ2n) is 3.22. The zero-order valence-corrected chi connectivity index (χ0v) is 9.58. The summed E-state index contributed by atoms with van der Waals surface area (Å²) in [7, 11) is 1.56. The maximum absolute atomic E-state index is 12.9. The Hall–Kier alpha value is -2.07. The minimum absolute atomic E-state index is 0.213. The van der Waals surface area contributed by atoms with E-state index in [2.05, 4.69) is 10.2 Å². The Morgan fingerprint density at radius 3 is 2.94 bits per heavy atom. The van der Waals surface area contributed by atoms with E-state index in [0.717, 1.165) is 17.8 Å². The molecule has 86 valence electrons. The highest BCUT2D eigenvalue weighted by Crippen LogP contribution is 2.28. The van der Waals surface area contributed by atoms with Crippen LogP contribution in [0.2, 0.25) is 0 Å². The van der Waals surface area contributed by atoms with E-state index in [1.807, 2.05) is 6.07 Å². The first kappa shape index (κ1) is 11.4. The largest absolute Gasteiger partial charge is 0.343 e. The molecule has 1 aromatic carbocycles. The molecule has 0 bridgehead atoms. The zero-order valence-electron chi connectivity index (χ0n) is 8.77. The van der Waals surface area contributed by atoms with Crippen molar-refractivity contribution in [1.82, 2.24) is 14.8 Å². The van der Waals surface area contributed by atoms with Crippen LogP contribution in [0.25, 0.3) is 0 Å². The first-order chi connectivity index (χ1) is 8.11. The van der Waals surface area contributed by atoms with Crippen LogP contribution in [-0.4, -0.2) is 14.8 Å². The number of rotatable bonds is 2. The molecule has 0 amide bonds. The highest BCUT2D eigenvalue weighted by molar-refractivity contribution is 7.99. The average molecular weight is 250 g/mol. The second kappa shape index (κ2) is 4.43. The lowest BCUT2D eigenvalue weighted by molar-refractivity contribution is 0.626.